The Morgan fingerprint density at radius 1 is 1.29 bits per heavy atom. The Morgan fingerprint density at radius 2 is 2.05 bits per heavy atom. The Labute approximate surface area is 122 Å². The van der Waals surface area contributed by atoms with Crippen molar-refractivity contribution < 1.29 is 9.21 Å². The number of benzene rings is 1. The van der Waals surface area contributed by atoms with E-state index in [0.717, 1.165) is 18.4 Å². The molecule has 1 heterocycles. The zero-order valence-corrected chi connectivity index (χ0v) is 12.0. The molecule has 5 heteroatoms. The quantitative estimate of drug-likeness (QED) is 0.919. The van der Waals surface area contributed by atoms with Gasteiger partial charge in [0.2, 0.25) is 5.91 Å². The van der Waals surface area contributed by atoms with Gasteiger partial charge in [-0.1, -0.05) is 25.0 Å². The monoisotopic (exact) mass is 288 g/mol. The summed E-state index contributed by atoms with van der Waals surface area (Å²) in [5.41, 5.74) is 1.39. The summed E-state index contributed by atoms with van der Waals surface area (Å²) in [4.78, 5) is 23.6. The lowest BCUT2D eigenvalue weighted by molar-refractivity contribution is -0.121. The Kier molecular flexibility index (Phi) is 4.08. The number of fused-ring (bicyclic) bond motifs is 1. The number of amides is 1. The van der Waals surface area contributed by atoms with E-state index < -0.39 is 0 Å². The number of oxazole rings is 1. The molecule has 112 valence electrons. The maximum absolute atomic E-state index is 11.9. The van der Waals surface area contributed by atoms with Crippen LogP contribution in [-0.2, 0) is 11.3 Å². The number of carbonyl (C=O) groups is 1. The summed E-state index contributed by atoms with van der Waals surface area (Å²) >= 11 is 0. The summed E-state index contributed by atoms with van der Waals surface area (Å²) in [6.45, 7) is 0.508. The number of hydrogen-bond acceptors (Lipinski definition) is 3. The van der Waals surface area contributed by atoms with Crippen LogP contribution < -0.4 is 11.1 Å². The molecule has 1 aliphatic rings. The molecule has 0 atom stereocenters. The van der Waals surface area contributed by atoms with Crippen LogP contribution in [0.4, 0.5) is 0 Å². The molecular weight excluding hydrogens is 268 g/mol. The lowest BCUT2D eigenvalue weighted by Gasteiger charge is -2.11. The first-order chi connectivity index (χ1) is 10.2. The van der Waals surface area contributed by atoms with Gasteiger partial charge >= 0.3 is 5.76 Å². The van der Waals surface area contributed by atoms with Gasteiger partial charge in [0.1, 0.15) is 0 Å². The number of nitrogens with zero attached hydrogens (tertiary/aromatic N) is 1. The first-order valence-electron chi connectivity index (χ1n) is 7.62. The second-order valence-electron chi connectivity index (χ2n) is 5.64. The fourth-order valence-corrected chi connectivity index (χ4v) is 2.99. The highest BCUT2D eigenvalue weighted by Gasteiger charge is 2.17. The summed E-state index contributed by atoms with van der Waals surface area (Å²) in [5, 5.41) is 3.06. The molecule has 0 spiro atoms. The Bertz CT molecular complexity index is 680. The standard InChI is InChI=1S/C16H20N2O3/c19-15(17-12-6-1-2-7-12)10-5-11-18-13-8-3-4-9-14(13)21-16(18)20/h3-4,8-9,12H,1-2,5-7,10-11H2,(H,17,19). The predicted octanol–water partition coefficient (Wildman–Crippen LogP) is 2.43. The van der Waals surface area contributed by atoms with Crippen molar-refractivity contribution in [2.75, 3.05) is 0 Å². The summed E-state index contributed by atoms with van der Waals surface area (Å²) in [7, 11) is 0. The summed E-state index contributed by atoms with van der Waals surface area (Å²) in [6, 6.07) is 7.71. The van der Waals surface area contributed by atoms with Crippen molar-refractivity contribution in [1.29, 1.82) is 0 Å². The zero-order valence-electron chi connectivity index (χ0n) is 12.0. The van der Waals surface area contributed by atoms with Gasteiger partial charge in [0.15, 0.2) is 5.58 Å². The van der Waals surface area contributed by atoms with Crippen molar-refractivity contribution in [3.8, 4) is 0 Å². The molecule has 1 N–H and O–H groups in total. The van der Waals surface area contributed by atoms with E-state index in [1.807, 2.05) is 18.2 Å². The highest BCUT2D eigenvalue weighted by molar-refractivity contribution is 5.76. The molecule has 1 aromatic heterocycles. The molecule has 21 heavy (non-hydrogen) atoms. The van der Waals surface area contributed by atoms with E-state index in [1.165, 1.54) is 12.8 Å². The third-order valence-corrected chi connectivity index (χ3v) is 4.08. The molecule has 1 saturated carbocycles. The third kappa shape index (κ3) is 3.17. The van der Waals surface area contributed by atoms with Gasteiger partial charge in [0.25, 0.3) is 0 Å². The summed E-state index contributed by atoms with van der Waals surface area (Å²) < 4.78 is 6.77. The van der Waals surface area contributed by atoms with Crippen LogP contribution in [0.2, 0.25) is 0 Å². The molecule has 2 aromatic rings. The van der Waals surface area contributed by atoms with Gasteiger partial charge in [-0.3, -0.25) is 9.36 Å². The van der Waals surface area contributed by atoms with E-state index in [1.54, 1.807) is 10.6 Å². The highest BCUT2D eigenvalue weighted by Crippen LogP contribution is 2.18. The van der Waals surface area contributed by atoms with Gasteiger partial charge < -0.3 is 9.73 Å². The van der Waals surface area contributed by atoms with Gasteiger partial charge in [-0.05, 0) is 31.4 Å². The Hall–Kier alpha value is -2.04. The van der Waals surface area contributed by atoms with Crippen LogP contribution in [0.3, 0.4) is 0 Å². The first-order valence-corrected chi connectivity index (χ1v) is 7.62. The lowest BCUT2D eigenvalue weighted by Crippen LogP contribution is -2.32. The topological polar surface area (TPSA) is 64.2 Å². The SMILES string of the molecule is O=C(CCCn1c(=O)oc2ccccc21)NC1CCCC1. The molecule has 1 fully saturated rings. The van der Waals surface area contributed by atoms with Gasteiger partial charge in [-0.25, -0.2) is 4.79 Å². The maximum atomic E-state index is 11.9. The number of aromatic nitrogens is 1. The van der Waals surface area contributed by atoms with E-state index in [2.05, 4.69) is 5.32 Å². The molecule has 1 aliphatic carbocycles. The van der Waals surface area contributed by atoms with Crippen molar-refractivity contribution in [2.24, 2.45) is 0 Å². The number of hydrogen-bond donors (Lipinski definition) is 1. The van der Waals surface area contributed by atoms with Crippen LogP contribution in [-0.4, -0.2) is 16.5 Å². The first kappa shape index (κ1) is 13.9. The van der Waals surface area contributed by atoms with E-state index in [0.29, 0.717) is 31.0 Å². The Balaban J connectivity index is 1.55. The molecule has 0 aliphatic heterocycles. The van der Waals surface area contributed by atoms with E-state index in [4.69, 9.17) is 4.42 Å². The van der Waals surface area contributed by atoms with Gasteiger partial charge in [0, 0.05) is 19.0 Å². The molecule has 1 amide bonds. The van der Waals surface area contributed by atoms with E-state index in [9.17, 15) is 9.59 Å². The summed E-state index contributed by atoms with van der Waals surface area (Å²) in [5.74, 6) is -0.268. The highest BCUT2D eigenvalue weighted by atomic mass is 16.4. The molecule has 0 bridgehead atoms. The average Bonchev–Trinajstić information content (AvgIpc) is 3.07. The van der Waals surface area contributed by atoms with E-state index >= 15 is 0 Å². The second kappa shape index (κ2) is 6.16. The van der Waals surface area contributed by atoms with Gasteiger partial charge in [-0.15, -0.1) is 0 Å². The number of carbonyl (C=O) groups excluding carboxylic acids is 1. The predicted molar refractivity (Wildman–Crippen MR) is 80.1 cm³/mol. The number of rotatable bonds is 5. The van der Waals surface area contributed by atoms with Crippen LogP contribution in [0, 0.1) is 0 Å². The molecule has 5 nitrogen and oxygen atoms in total. The normalized spacial score (nSPS) is 15.6. The molecular formula is C16H20N2O3. The van der Waals surface area contributed by atoms with Crippen molar-refractivity contribution in [2.45, 2.75) is 51.1 Å². The largest absolute Gasteiger partial charge is 0.419 e. The van der Waals surface area contributed by atoms with Crippen molar-refractivity contribution in [3.63, 3.8) is 0 Å². The van der Waals surface area contributed by atoms with Crippen LogP contribution >= 0.6 is 0 Å². The van der Waals surface area contributed by atoms with Crippen LogP contribution in [0.1, 0.15) is 38.5 Å². The summed E-state index contributed by atoms with van der Waals surface area (Å²) in [6.07, 6.45) is 5.70. The molecule has 0 radical (unpaired) electrons. The number of nitrogens with one attached hydrogen (secondary N) is 1. The van der Waals surface area contributed by atoms with Crippen LogP contribution in [0.15, 0.2) is 33.5 Å². The number of para-hydroxylation sites is 2. The zero-order chi connectivity index (χ0) is 14.7. The van der Waals surface area contributed by atoms with Crippen molar-refractivity contribution in [3.05, 3.63) is 34.8 Å². The minimum absolute atomic E-state index is 0.0859. The minimum Gasteiger partial charge on any atom is -0.408 e. The molecule has 3 rings (SSSR count). The fourth-order valence-electron chi connectivity index (χ4n) is 2.99. The van der Waals surface area contributed by atoms with Gasteiger partial charge in [-0.2, -0.15) is 0 Å². The number of aryl methyl sites for hydroxylation is 1. The second-order valence-corrected chi connectivity index (χ2v) is 5.64. The third-order valence-electron chi connectivity index (χ3n) is 4.08. The maximum Gasteiger partial charge on any atom is 0.419 e. The average molecular weight is 288 g/mol. The van der Waals surface area contributed by atoms with Crippen molar-refractivity contribution >= 4 is 17.0 Å². The minimum atomic E-state index is -0.354. The van der Waals surface area contributed by atoms with E-state index in [-0.39, 0.29) is 11.7 Å². The smallest absolute Gasteiger partial charge is 0.408 e. The van der Waals surface area contributed by atoms with Crippen LogP contribution in [0.25, 0.3) is 11.1 Å². The van der Waals surface area contributed by atoms with Gasteiger partial charge in [0.05, 0.1) is 5.52 Å². The lowest BCUT2D eigenvalue weighted by atomic mass is 10.2. The molecule has 0 unspecified atom stereocenters. The molecule has 0 saturated heterocycles. The Morgan fingerprint density at radius 3 is 2.86 bits per heavy atom. The molecule has 1 aromatic carbocycles. The van der Waals surface area contributed by atoms with Crippen LogP contribution in [0.5, 0.6) is 0 Å². The van der Waals surface area contributed by atoms with Crippen molar-refractivity contribution in [1.82, 2.24) is 9.88 Å². The fraction of sp³-hybridized carbons (Fsp3) is 0.500.